The zero-order chi connectivity index (χ0) is 14.6. The monoisotopic (exact) mass is 285 g/mol. The van der Waals surface area contributed by atoms with Crippen molar-refractivity contribution in [3.05, 3.63) is 58.9 Å². The van der Waals surface area contributed by atoms with Gasteiger partial charge in [-0.2, -0.15) is 5.26 Å². The fraction of sp³-hybridized carbons (Fsp3) is 0.250. The van der Waals surface area contributed by atoms with E-state index in [0.29, 0.717) is 11.4 Å². The van der Waals surface area contributed by atoms with Crippen molar-refractivity contribution in [2.45, 2.75) is 25.8 Å². The SMILES string of the molecule is CCC(C#N)(Nc1ccc(Cl)cc1)c1cnccc1C. The summed E-state index contributed by atoms with van der Waals surface area (Å²) in [5.41, 5.74) is 2.03. The molecule has 1 aromatic carbocycles. The summed E-state index contributed by atoms with van der Waals surface area (Å²) in [7, 11) is 0. The highest BCUT2D eigenvalue weighted by Gasteiger charge is 2.32. The maximum absolute atomic E-state index is 9.70. The van der Waals surface area contributed by atoms with Gasteiger partial charge in [-0.15, -0.1) is 0 Å². The Kier molecular flexibility index (Phi) is 4.26. The number of hydrogen-bond acceptors (Lipinski definition) is 3. The Hall–Kier alpha value is -2.05. The highest BCUT2D eigenvalue weighted by Crippen LogP contribution is 2.31. The third kappa shape index (κ3) is 2.76. The fourth-order valence-electron chi connectivity index (χ4n) is 2.20. The van der Waals surface area contributed by atoms with Crippen LogP contribution in [0.1, 0.15) is 24.5 Å². The Balaban J connectivity index is 2.43. The second-order valence-electron chi connectivity index (χ2n) is 4.69. The molecule has 0 radical (unpaired) electrons. The number of pyridine rings is 1. The van der Waals surface area contributed by atoms with Crippen LogP contribution in [0.4, 0.5) is 5.69 Å². The smallest absolute Gasteiger partial charge is 0.152 e. The van der Waals surface area contributed by atoms with E-state index < -0.39 is 5.54 Å². The molecule has 0 amide bonds. The Morgan fingerprint density at radius 3 is 2.55 bits per heavy atom. The zero-order valence-electron chi connectivity index (χ0n) is 11.5. The van der Waals surface area contributed by atoms with Gasteiger partial charge in [0.2, 0.25) is 0 Å². The number of benzene rings is 1. The van der Waals surface area contributed by atoms with Gasteiger partial charge in [0.05, 0.1) is 6.07 Å². The number of rotatable bonds is 4. The Labute approximate surface area is 124 Å². The van der Waals surface area contributed by atoms with Crippen molar-refractivity contribution >= 4 is 17.3 Å². The molecule has 1 aromatic heterocycles. The summed E-state index contributed by atoms with van der Waals surface area (Å²) in [6, 6.07) is 11.7. The molecule has 20 heavy (non-hydrogen) atoms. The van der Waals surface area contributed by atoms with Crippen LogP contribution in [-0.4, -0.2) is 4.98 Å². The van der Waals surface area contributed by atoms with Crippen molar-refractivity contribution in [3.63, 3.8) is 0 Å². The number of nitriles is 1. The molecular formula is C16H16ClN3. The van der Waals surface area contributed by atoms with Crippen LogP contribution in [0.5, 0.6) is 0 Å². The minimum absolute atomic E-state index is 0.638. The Bertz CT molecular complexity index is 631. The molecule has 0 aliphatic rings. The van der Waals surface area contributed by atoms with Crippen LogP contribution >= 0.6 is 11.6 Å². The van der Waals surface area contributed by atoms with Crippen molar-refractivity contribution in [1.82, 2.24) is 4.98 Å². The van der Waals surface area contributed by atoms with Gasteiger partial charge >= 0.3 is 0 Å². The molecule has 3 nitrogen and oxygen atoms in total. The predicted molar refractivity (Wildman–Crippen MR) is 81.6 cm³/mol. The molecule has 0 saturated heterocycles. The second-order valence-corrected chi connectivity index (χ2v) is 5.13. The van der Waals surface area contributed by atoms with Gasteiger partial charge in [0, 0.05) is 28.7 Å². The number of anilines is 1. The van der Waals surface area contributed by atoms with Crippen molar-refractivity contribution in [3.8, 4) is 6.07 Å². The lowest BCUT2D eigenvalue weighted by Gasteiger charge is -2.29. The number of hydrogen-bond donors (Lipinski definition) is 1. The molecule has 1 unspecified atom stereocenters. The molecule has 0 aliphatic carbocycles. The fourth-order valence-corrected chi connectivity index (χ4v) is 2.33. The molecule has 0 aliphatic heterocycles. The van der Waals surface area contributed by atoms with E-state index in [9.17, 15) is 5.26 Å². The van der Waals surface area contributed by atoms with E-state index in [1.165, 1.54) is 0 Å². The highest BCUT2D eigenvalue weighted by atomic mass is 35.5. The molecular weight excluding hydrogens is 270 g/mol. The lowest BCUT2D eigenvalue weighted by molar-refractivity contribution is 0.598. The minimum atomic E-state index is -0.786. The van der Waals surface area contributed by atoms with Gasteiger partial charge in [-0.25, -0.2) is 0 Å². The van der Waals surface area contributed by atoms with Crippen molar-refractivity contribution < 1.29 is 0 Å². The van der Waals surface area contributed by atoms with Gasteiger partial charge in [-0.3, -0.25) is 4.98 Å². The van der Waals surface area contributed by atoms with Gasteiger partial charge in [-0.05, 0) is 49.2 Å². The highest BCUT2D eigenvalue weighted by molar-refractivity contribution is 6.30. The molecule has 102 valence electrons. The first-order valence-corrected chi connectivity index (χ1v) is 6.85. The minimum Gasteiger partial charge on any atom is -0.364 e. The van der Waals surface area contributed by atoms with Gasteiger partial charge in [-0.1, -0.05) is 18.5 Å². The molecule has 1 atom stereocenters. The molecule has 0 fully saturated rings. The normalized spacial score (nSPS) is 13.3. The van der Waals surface area contributed by atoms with E-state index in [0.717, 1.165) is 16.8 Å². The van der Waals surface area contributed by atoms with Crippen LogP contribution in [-0.2, 0) is 5.54 Å². The summed E-state index contributed by atoms with van der Waals surface area (Å²) < 4.78 is 0. The molecule has 2 aromatic rings. The Morgan fingerprint density at radius 2 is 2.00 bits per heavy atom. The van der Waals surface area contributed by atoms with Crippen molar-refractivity contribution in [1.29, 1.82) is 5.26 Å². The van der Waals surface area contributed by atoms with E-state index >= 15 is 0 Å². The molecule has 4 heteroatoms. The molecule has 1 N–H and O–H groups in total. The van der Waals surface area contributed by atoms with Crippen LogP contribution in [0.15, 0.2) is 42.7 Å². The van der Waals surface area contributed by atoms with Crippen LogP contribution in [0, 0.1) is 18.3 Å². The van der Waals surface area contributed by atoms with Crippen LogP contribution in [0.2, 0.25) is 5.02 Å². The predicted octanol–water partition coefficient (Wildman–Crippen LogP) is 4.28. The third-order valence-electron chi connectivity index (χ3n) is 3.42. The maximum Gasteiger partial charge on any atom is 0.152 e. The summed E-state index contributed by atoms with van der Waals surface area (Å²) in [4.78, 5) is 4.15. The van der Waals surface area contributed by atoms with Crippen molar-refractivity contribution in [2.75, 3.05) is 5.32 Å². The average Bonchev–Trinajstić information content (AvgIpc) is 2.48. The van der Waals surface area contributed by atoms with E-state index in [2.05, 4.69) is 16.4 Å². The summed E-state index contributed by atoms with van der Waals surface area (Å²) in [6.07, 6.45) is 4.13. The molecule has 0 spiro atoms. The van der Waals surface area contributed by atoms with Gasteiger partial charge in [0.15, 0.2) is 5.54 Å². The Morgan fingerprint density at radius 1 is 1.30 bits per heavy atom. The number of aryl methyl sites for hydroxylation is 1. The molecule has 0 saturated carbocycles. The number of nitrogens with one attached hydrogen (secondary N) is 1. The summed E-state index contributed by atoms with van der Waals surface area (Å²) >= 11 is 5.89. The topological polar surface area (TPSA) is 48.7 Å². The lowest BCUT2D eigenvalue weighted by Crippen LogP contribution is -2.34. The maximum atomic E-state index is 9.70. The number of nitrogens with zero attached hydrogens (tertiary/aromatic N) is 2. The summed E-state index contributed by atoms with van der Waals surface area (Å²) in [5, 5.41) is 13.7. The van der Waals surface area contributed by atoms with E-state index in [1.807, 2.05) is 32.0 Å². The van der Waals surface area contributed by atoms with Gasteiger partial charge in [0.1, 0.15) is 0 Å². The van der Waals surface area contributed by atoms with Crippen molar-refractivity contribution in [2.24, 2.45) is 0 Å². The van der Waals surface area contributed by atoms with Crippen LogP contribution in [0.3, 0.4) is 0 Å². The zero-order valence-corrected chi connectivity index (χ0v) is 12.3. The second kappa shape index (κ2) is 5.94. The number of halogens is 1. The quantitative estimate of drug-likeness (QED) is 0.912. The van der Waals surface area contributed by atoms with E-state index in [4.69, 9.17) is 11.6 Å². The lowest BCUT2D eigenvalue weighted by atomic mass is 9.86. The first kappa shape index (κ1) is 14.4. The van der Waals surface area contributed by atoms with Crippen LogP contribution < -0.4 is 5.32 Å². The first-order chi connectivity index (χ1) is 9.61. The van der Waals surface area contributed by atoms with Crippen LogP contribution in [0.25, 0.3) is 0 Å². The molecule has 1 heterocycles. The average molecular weight is 286 g/mol. The largest absolute Gasteiger partial charge is 0.364 e. The summed E-state index contributed by atoms with van der Waals surface area (Å²) in [5.74, 6) is 0. The third-order valence-corrected chi connectivity index (χ3v) is 3.67. The van der Waals surface area contributed by atoms with E-state index in [1.54, 1.807) is 24.5 Å². The van der Waals surface area contributed by atoms with Gasteiger partial charge < -0.3 is 5.32 Å². The van der Waals surface area contributed by atoms with E-state index in [-0.39, 0.29) is 0 Å². The summed E-state index contributed by atoms with van der Waals surface area (Å²) in [6.45, 7) is 3.97. The molecule has 2 rings (SSSR count). The first-order valence-electron chi connectivity index (χ1n) is 6.47. The van der Waals surface area contributed by atoms with Gasteiger partial charge in [0.25, 0.3) is 0 Å². The molecule has 0 bridgehead atoms. The number of aromatic nitrogens is 1. The standard InChI is InChI=1S/C16H16ClN3/c1-3-16(11-18,15-10-19-9-8-12(15)2)20-14-6-4-13(17)5-7-14/h4-10,20H,3H2,1-2H3.